The Morgan fingerprint density at radius 3 is 2.58 bits per heavy atom. The second-order valence-corrected chi connectivity index (χ2v) is 6.91. The predicted octanol–water partition coefficient (Wildman–Crippen LogP) is 4.84. The van der Waals surface area contributed by atoms with Gasteiger partial charge < -0.3 is 19.2 Å². The topological polar surface area (TPSA) is 116 Å². The summed E-state index contributed by atoms with van der Waals surface area (Å²) in [5.41, 5.74) is 1.32. The lowest BCUT2D eigenvalue weighted by atomic mass is 10.1. The van der Waals surface area contributed by atoms with Gasteiger partial charge in [0.1, 0.15) is 22.6 Å². The SMILES string of the molecule is COc1cccc(N=c2oc3ccc([N+](=O)[O-])cc3cc2C(=O)Nc2ccccc2OC)c1. The molecule has 0 fully saturated rings. The van der Waals surface area contributed by atoms with Gasteiger partial charge in [-0.3, -0.25) is 14.9 Å². The van der Waals surface area contributed by atoms with Crippen LogP contribution in [-0.4, -0.2) is 25.1 Å². The fourth-order valence-corrected chi connectivity index (χ4v) is 3.21. The summed E-state index contributed by atoms with van der Waals surface area (Å²) in [5.74, 6) is 0.552. The van der Waals surface area contributed by atoms with Crippen LogP contribution in [0.15, 0.2) is 82.2 Å². The van der Waals surface area contributed by atoms with E-state index >= 15 is 0 Å². The molecular formula is C24H19N3O6. The van der Waals surface area contributed by atoms with Gasteiger partial charge in [-0.25, -0.2) is 4.99 Å². The number of benzene rings is 3. The molecule has 1 amide bonds. The number of nitrogens with one attached hydrogen (secondary N) is 1. The summed E-state index contributed by atoms with van der Waals surface area (Å²) in [5, 5.41) is 14.4. The van der Waals surface area contributed by atoms with Gasteiger partial charge in [0, 0.05) is 23.6 Å². The predicted molar refractivity (Wildman–Crippen MR) is 122 cm³/mol. The Hall–Kier alpha value is -4.66. The van der Waals surface area contributed by atoms with Crippen molar-refractivity contribution >= 4 is 33.9 Å². The van der Waals surface area contributed by atoms with Crippen LogP contribution in [0, 0.1) is 10.1 Å². The van der Waals surface area contributed by atoms with Crippen LogP contribution in [-0.2, 0) is 0 Å². The van der Waals surface area contributed by atoms with Crippen molar-refractivity contribution in [3.8, 4) is 11.5 Å². The number of rotatable bonds is 6. The molecule has 0 unspecified atom stereocenters. The van der Waals surface area contributed by atoms with Crippen molar-refractivity contribution in [1.29, 1.82) is 0 Å². The van der Waals surface area contributed by atoms with Crippen LogP contribution in [0.25, 0.3) is 11.0 Å². The maximum Gasteiger partial charge on any atom is 0.270 e. The highest BCUT2D eigenvalue weighted by Gasteiger charge is 2.17. The molecule has 9 nitrogen and oxygen atoms in total. The van der Waals surface area contributed by atoms with Crippen molar-refractivity contribution in [1.82, 2.24) is 0 Å². The number of nitro benzene ring substituents is 1. The highest BCUT2D eigenvalue weighted by molar-refractivity contribution is 6.06. The normalized spacial score (nSPS) is 11.3. The van der Waals surface area contributed by atoms with Gasteiger partial charge in [0.15, 0.2) is 0 Å². The zero-order chi connectivity index (χ0) is 23.4. The average molecular weight is 445 g/mol. The van der Waals surface area contributed by atoms with Gasteiger partial charge >= 0.3 is 0 Å². The summed E-state index contributed by atoms with van der Waals surface area (Å²) in [4.78, 5) is 28.4. The molecule has 33 heavy (non-hydrogen) atoms. The van der Waals surface area contributed by atoms with Gasteiger partial charge in [0.05, 0.1) is 30.5 Å². The molecule has 1 heterocycles. The number of carbonyl (C=O) groups is 1. The zero-order valence-electron chi connectivity index (χ0n) is 17.8. The Kier molecular flexibility index (Phi) is 6.03. The standard InChI is InChI=1S/C24H19N3O6/c1-31-18-7-5-6-16(14-18)25-24-19(23(28)26-20-8-3-4-9-22(20)32-2)13-15-12-17(27(29)30)10-11-21(15)33-24/h3-14H,1-2H3,(H,26,28). The lowest BCUT2D eigenvalue weighted by Crippen LogP contribution is -2.22. The summed E-state index contributed by atoms with van der Waals surface area (Å²) in [7, 11) is 3.04. The van der Waals surface area contributed by atoms with E-state index in [1.165, 1.54) is 31.4 Å². The molecule has 0 saturated heterocycles. The van der Waals surface area contributed by atoms with E-state index in [-0.39, 0.29) is 16.8 Å². The monoisotopic (exact) mass is 445 g/mol. The number of carbonyl (C=O) groups excluding carboxylic acids is 1. The van der Waals surface area contributed by atoms with E-state index in [2.05, 4.69) is 10.3 Å². The van der Waals surface area contributed by atoms with E-state index in [0.717, 1.165) is 0 Å². The number of nitrogens with zero attached hydrogens (tertiary/aromatic N) is 2. The molecule has 0 radical (unpaired) electrons. The number of non-ortho nitro benzene ring substituents is 1. The number of amides is 1. The minimum absolute atomic E-state index is 0.0389. The summed E-state index contributed by atoms with van der Waals surface area (Å²) < 4.78 is 16.4. The molecule has 1 N–H and O–H groups in total. The lowest BCUT2D eigenvalue weighted by molar-refractivity contribution is -0.384. The van der Waals surface area contributed by atoms with Crippen molar-refractivity contribution in [2.45, 2.75) is 0 Å². The second kappa shape index (κ2) is 9.23. The smallest absolute Gasteiger partial charge is 0.270 e. The quantitative estimate of drug-likeness (QED) is 0.335. The largest absolute Gasteiger partial charge is 0.497 e. The fraction of sp³-hybridized carbons (Fsp3) is 0.0833. The van der Waals surface area contributed by atoms with Crippen LogP contribution >= 0.6 is 0 Å². The van der Waals surface area contributed by atoms with Crippen molar-refractivity contribution in [3.05, 3.63) is 94.0 Å². The highest BCUT2D eigenvalue weighted by atomic mass is 16.6. The third-order valence-corrected chi connectivity index (χ3v) is 4.82. The van der Waals surface area contributed by atoms with E-state index in [0.29, 0.717) is 33.8 Å². The number of methoxy groups -OCH3 is 2. The zero-order valence-corrected chi connectivity index (χ0v) is 17.8. The first kappa shape index (κ1) is 21.6. The van der Waals surface area contributed by atoms with Crippen LogP contribution in [0.3, 0.4) is 0 Å². The molecule has 0 bridgehead atoms. The second-order valence-electron chi connectivity index (χ2n) is 6.91. The average Bonchev–Trinajstić information content (AvgIpc) is 2.83. The van der Waals surface area contributed by atoms with Crippen LogP contribution in [0.4, 0.5) is 17.1 Å². The fourth-order valence-electron chi connectivity index (χ4n) is 3.21. The Morgan fingerprint density at radius 2 is 1.82 bits per heavy atom. The molecule has 9 heteroatoms. The lowest BCUT2D eigenvalue weighted by Gasteiger charge is -2.10. The molecule has 1 aromatic heterocycles. The molecule has 0 atom stereocenters. The highest BCUT2D eigenvalue weighted by Crippen LogP contribution is 2.25. The van der Waals surface area contributed by atoms with Crippen LogP contribution in [0.2, 0.25) is 0 Å². The van der Waals surface area contributed by atoms with E-state index in [4.69, 9.17) is 13.9 Å². The van der Waals surface area contributed by atoms with Crippen LogP contribution in [0.5, 0.6) is 11.5 Å². The molecule has 4 rings (SSSR count). The van der Waals surface area contributed by atoms with Gasteiger partial charge in [-0.1, -0.05) is 18.2 Å². The number of fused-ring (bicyclic) bond motifs is 1. The number of hydrogen-bond donors (Lipinski definition) is 1. The van der Waals surface area contributed by atoms with Crippen molar-refractivity contribution in [2.24, 2.45) is 4.99 Å². The Balaban J connectivity index is 1.88. The van der Waals surface area contributed by atoms with E-state index < -0.39 is 10.8 Å². The van der Waals surface area contributed by atoms with Gasteiger partial charge in [-0.05, 0) is 36.4 Å². The van der Waals surface area contributed by atoms with Gasteiger partial charge in [-0.15, -0.1) is 0 Å². The maximum atomic E-state index is 13.2. The summed E-state index contributed by atoms with van der Waals surface area (Å²) >= 11 is 0. The van der Waals surface area contributed by atoms with E-state index in [1.807, 2.05) is 0 Å². The Labute approximate surface area is 188 Å². The molecule has 3 aromatic carbocycles. The maximum absolute atomic E-state index is 13.2. The number of ether oxygens (including phenoxy) is 2. The molecule has 4 aromatic rings. The third kappa shape index (κ3) is 4.67. The van der Waals surface area contributed by atoms with Crippen LogP contribution < -0.4 is 20.3 Å². The summed E-state index contributed by atoms with van der Waals surface area (Å²) in [6.07, 6.45) is 0. The minimum atomic E-state index is -0.515. The van der Waals surface area contributed by atoms with E-state index in [1.54, 1.807) is 55.6 Å². The molecule has 0 aliphatic rings. The molecule has 166 valence electrons. The molecule has 0 spiro atoms. The van der Waals surface area contributed by atoms with Gasteiger partial charge in [0.25, 0.3) is 11.6 Å². The first-order valence-corrected chi connectivity index (χ1v) is 9.84. The van der Waals surface area contributed by atoms with Gasteiger partial charge in [-0.2, -0.15) is 0 Å². The number of hydrogen-bond acceptors (Lipinski definition) is 7. The third-order valence-electron chi connectivity index (χ3n) is 4.82. The van der Waals surface area contributed by atoms with Crippen molar-refractivity contribution < 1.29 is 23.6 Å². The number of para-hydroxylation sites is 2. The van der Waals surface area contributed by atoms with Gasteiger partial charge in [0.2, 0.25) is 5.55 Å². The van der Waals surface area contributed by atoms with Crippen LogP contribution in [0.1, 0.15) is 10.4 Å². The summed E-state index contributed by atoms with van der Waals surface area (Å²) in [6.45, 7) is 0. The molecule has 0 aliphatic heterocycles. The van der Waals surface area contributed by atoms with Crippen molar-refractivity contribution in [3.63, 3.8) is 0 Å². The minimum Gasteiger partial charge on any atom is -0.497 e. The molecule has 0 aliphatic carbocycles. The molecule has 0 saturated carbocycles. The van der Waals surface area contributed by atoms with Crippen molar-refractivity contribution in [2.75, 3.05) is 19.5 Å². The number of nitro groups is 1. The molecular weight excluding hydrogens is 426 g/mol. The van der Waals surface area contributed by atoms with E-state index in [9.17, 15) is 14.9 Å². The Morgan fingerprint density at radius 1 is 1.00 bits per heavy atom. The number of anilines is 1. The first-order valence-electron chi connectivity index (χ1n) is 9.84. The Bertz CT molecular complexity index is 1430. The summed E-state index contributed by atoms with van der Waals surface area (Å²) in [6, 6.07) is 19.6. The first-order chi connectivity index (χ1) is 16.0.